The summed E-state index contributed by atoms with van der Waals surface area (Å²) in [5.74, 6) is -5.29. The van der Waals surface area contributed by atoms with Crippen molar-refractivity contribution in [1.29, 1.82) is 0 Å². The summed E-state index contributed by atoms with van der Waals surface area (Å²) in [5.41, 5.74) is -8.31. The van der Waals surface area contributed by atoms with E-state index in [0.717, 1.165) is 41.5 Å². The second-order valence-corrected chi connectivity index (χ2v) is 17.2. The molecule has 5 rings (SSSR count). The molecule has 2 aliphatic rings. The van der Waals surface area contributed by atoms with Gasteiger partial charge in [0.25, 0.3) is 5.60 Å². The van der Waals surface area contributed by atoms with Gasteiger partial charge in [-0.05, 0) is 61.2 Å². The molecule has 0 aromatic heterocycles. The number of carbonyl (C=O) groups is 2. The maximum absolute atomic E-state index is 14.6. The lowest BCUT2D eigenvalue weighted by molar-refractivity contribution is -0.392. The quantitative estimate of drug-likeness (QED) is 0.209. The molecule has 2 fully saturated rings. The molecule has 0 saturated carbocycles. The van der Waals surface area contributed by atoms with Gasteiger partial charge in [0.05, 0.1) is 17.8 Å². The minimum absolute atomic E-state index is 0.0443. The second-order valence-electron chi connectivity index (χ2n) is 13.1. The normalized spacial score (nSPS) is 19.1. The van der Waals surface area contributed by atoms with Crippen LogP contribution in [-0.2, 0) is 46.3 Å². The molecule has 1 unspecified atom stereocenters. The third kappa shape index (κ3) is 8.00. The lowest BCUT2D eigenvalue weighted by atomic mass is 9.88. The van der Waals surface area contributed by atoms with Crippen molar-refractivity contribution in [2.75, 3.05) is 32.4 Å². The molecule has 3 aromatic carbocycles. The molecule has 0 aliphatic carbocycles. The molecule has 1 atom stereocenters. The number of ether oxygens (including phenoxy) is 1. The Labute approximate surface area is 309 Å². The maximum Gasteiger partial charge on any atom is 0.430 e. The van der Waals surface area contributed by atoms with Gasteiger partial charge in [-0.1, -0.05) is 30.3 Å². The zero-order valence-electron chi connectivity index (χ0n) is 28.6. The first-order chi connectivity index (χ1) is 25.4. The molecular formula is C34H32F9N3O7S2. The Morgan fingerprint density at radius 1 is 0.800 bits per heavy atom. The van der Waals surface area contributed by atoms with Crippen LogP contribution in [-0.4, -0.2) is 83.4 Å². The summed E-state index contributed by atoms with van der Waals surface area (Å²) in [5, 5.41) is 0. The van der Waals surface area contributed by atoms with Crippen LogP contribution in [0.5, 0.6) is 0 Å². The lowest BCUT2D eigenvalue weighted by Gasteiger charge is -2.38. The van der Waals surface area contributed by atoms with Gasteiger partial charge in [-0.3, -0.25) is 9.52 Å². The van der Waals surface area contributed by atoms with Gasteiger partial charge in [-0.15, -0.1) is 0 Å². The lowest BCUT2D eigenvalue weighted by Crippen LogP contribution is -2.56. The molecule has 3 amide bonds. The third-order valence-corrected chi connectivity index (χ3v) is 12.7. The summed E-state index contributed by atoms with van der Waals surface area (Å²) in [4.78, 5) is 27.9. The van der Waals surface area contributed by atoms with E-state index in [1.54, 1.807) is 0 Å². The van der Waals surface area contributed by atoms with Crippen molar-refractivity contribution >= 4 is 31.8 Å². The zero-order valence-corrected chi connectivity index (χ0v) is 30.2. The molecular weight excluding hydrogens is 798 g/mol. The highest BCUT2D eigenvalue weighted by Gasteiger charge is 2.73. The molecule has 0 bridgehead atoms. The number of nitrogens with one attached hydrogen (secondary N) is 1. The van der Waals surface area contributed by atoms with Gasteiger partial charge >= 0.3 is 18.4 Å². The summed E-state index contributed by atoms with van der Waals surface area (Å²) in [6.45, 7) is -2.83. The van der Waals surface area contributed by atoms with Gasteiger partial charge in [0.15, 0.2) is 9.84 Å². The highest BCUT2D eigenvalue weighted by atomic mass is 32.2. The Hall–Kier alpha value is -4.37. The number of nitrogens with zero attached hydrogens (tertiary/aromatic N) is 2. The number of hydrogen-bond acceptors (Lipinski definition) is 7. The highest BCUT2D eigenvalue weighted by molar-refractivity contribution is 7.92. The summed E-state index contributed by atoms with van der Waals surface area (Å²) in [6.07, 6.45) is -12.1. The van der Waals surface area contributed by atoms with E-state index in [4.69, 9.17) is 0 Å². The predicted octanol–water partition coefficient (Wildman–Crippen LogP) is 5.92. The van der Waals surface area contributed by atoms with E-state index in [1.807, 2.05) is 4.72 Å². The first-order valence-electron chi connectivity index (χ1n) is 16.3. The first kappa shape index (κ1) is 41.8. The van der Waals surface area contributed by atoms with Crippen molar-refractivity contribution < 1.29 is 70.7 Å². The van der Waals surface area contributed by atoms with Crippen molar-refractivity contribution in [3.63, 3.8) is 0 Å². The van der Waals surface area contributed by atoms with Gasteiger partial charge in [0, 0.05) is 43.2 Å². The van der Waals surface area contributed by atoms with Gasteiger partial charge in [-0.2, -0.15) is 26.3 Å². The fraction of sp³-hybridized carbons (Fsp3) is 0.412. The van der Waals surface area contributed by atoms with Crippen LogP contribution in [0.15, 0.2) is 71.6 Å². The Bertz CT molecular complexity index is 2110. The van der Waals surface area contributed by atoms with Crippen LogP contribution < -0.4 is 4.72 Å². The van der Waals surface area contributed by atoms with Crippen molar-refractivity contribution in [3.05, 3.63) is 101 Å². The van der Waals surface area contributed by atoms with Crippen LogP contribution in [0, 0.1) is 23.4 Å². The van der Waals surface area contributed by atoms with Crippen molar-refractivity contribution in [2.24, 2.45) is 5.92 Å². The minimum atomic E-state index is -6.28. The fourth-order valence-corrected chi connectivity index (χ4v) is 9.40. The van der Waals surface area contributed by atoms with E-state index in [2.05, 4.69) is 4.74 Å². The topological polar surface area (TPSA) is 130 Å². The van der Waals surface area contributed by atoms with Gasteiger partial charge in [-0.25, -0.2) is 34.8 Å². The number of amides is 3. The number of hydrogen-bond donors (Lipinski definition) is 1. The molecule has 2 saturated heterocycles. The number of alkyl halides is 6. The zero-order chi connectivity index (χ0) is 40.8. The predicted molar refractivity (Wildman–Crippen MR) is 176 cm³/mol. The fourth-order valence-electron chi connectivity index (χ4n) is 6.79. The van der Waals surface area contributed by atoms with Crippen LogP contribution in [0.2, 0.25) is 0 Å². The van der Waals surface area contributed by atoms with E-state index in [-0.39, 0.29) is 38.0 Å². The number of sulfone groups is 1. The Morgan fingerprint density at radius 3 is 1.85 bits per heavy atom. The monoisotopic (exact) mass is 829 g/mol. The molecule has 0 radical (unpaired) electrons. The Morgan fingerprint density at radius 2 is 1.35 bits per heavy atom. The highest BCUT2D eigenvalue weighted by Crippen LogP contribution is 2.54. The van der Waals surface area contributed by atoms with Gasteiger partial charge < -0.3 is 14.5 Å². The van der Waals surface area contributed by atoms with Crippen molar-refractivity contribution in [2.45, 2.75) is 53.5 Å². The number of piperidine rings is 1. The van der Waals surface area contributed by atoms with E-state index in [0.29, 0.717) is 36.4 Å². The van der Waals surface area contributed by atoms with Gasteiger partial charge in [0.2, 0.25) is 15.9 Å². The second kappa shape index (κ2) is 14.9. The van der Waals surface area contributed by atoms with Crippen LogP contribution in [0.1, 0.15) is 36.0 Å². The molecule has 3 aromatic rings. The van der Waals surface area contributed by atoms with Crippen LogP contribution >= 0.6 is 0 Å². The summed E-state index contributed by atoms with van der Waals surface area (Å²) >= 11 is 0. The summed E-state index contributed by atoms with van der Waals surface area (Å²) in [6, 6.07) is 6.84. The number of carbonyl (C=O) groups excluding carboxylic acids is 2. The first-order valence-corrected chi connectivity index (χ1v) is 19.7. The SMILES string of the molecule is CS(=O)(=O)NC(=O)C1CCN(C(=O)N2CCC(c3ccc(C(OCc4c(F)cccc4F)(C(F)(F)F)C(F)(F)F)cc3)(S(=O)(=O)c3ccc(F)cc3)C2)CC1. The minimum Gasteiger partial charge on any atom is -0.349 e. The van der Waals surface area contributed by atoms with Crippen LogP contribution in [0.3, 0.4) is 0 Å². The molecule has 2 heterocycles. The summed E-state index contributed by atoms with van der Waals surface area (Å²) < 4.78 is 185. The number of sulfonamides is 1. The number of likely N-dealkylation sites (tertiary alicyclic amines) is 2. The number of urea groups is 1. The largest absolute Gasteiger partial charge is 0.430 e. The van der Waals surface area contributed by atoms with E-state index < -0.39 is 113 Å². The molecule has 1 N–H and O–H groups in total. The molecule has 0 spiro atoms. The average Bonchev–Trinajstić information content (AvgIpc) is 3.55. The Balaban J connectivity index is 1.51. The van der Waals surface area contributed by atoms with Crippen LogP contribution in [0.4, 0.5) is 44.3 Å². The summed E-state index contributed by atoms with van der Waals surface area (Å²) in [7, 11) is -8.56. The average molecular weight is 830 g/mol. The molecule has 300 valence electrons. The van der Waals surface area contributed by atoms with Crippen molar-refractivity contribution in [1.82, 2.24) is 14.5 Å². The smallest absolute Gasteiger partial charge is 0.349 e. The number of halogens is 9. The Kier molecular flexibility index (Phi) is 11.4. The standard InChI is InChI=1S/C34H32F9N3O7S2/c1-54(49,50)44-29(47)21-13-16-45(17-14-21)30(48)46-18-15-31(20-46,55(51,52)25-11-9-24(35)10-12-25)22-5-7-23(8-6-22)32(33(38,39)40,34(41,42)43)53-19-26-27(36)3-2-4-28(26)37/h2-12,21H,13-20H2,1H3,(H,44,47). The van der Waals surface area contributed by atoms with E-state index >= 15 is 0 Å². The van der Waals surface area contributed by atoms with Gasteiger partial charge in [0.1, 0.15) is 22.2 Å². The number of rotatable bonds is 9. The number of benzene rings is 3. The van der Waals surface area contributed by atoms with E-state index in [9.17, 15) is 65.9 Å². The maximum atomic E-state index is 14.6. The molecule has 55 heavy (non-hydrogen) atoms. The van der Waals surface area contributed by atoms with Crippen molar-refractivity contribution in [3.8, 4) is 0 Å². The van der Waals surface area contributed by atoms with E-state index in [1.165, 1.54) is 4.90 Å². The van der Waals surface area contributed by atoms with Crippen LogP contribution in [0.25, 0.3) is 0 Å². The molecule has 21 heteroatoms. The molecule has 2 aliphatic heterocycles. The molecule has 10 nitrogen and oxygen atoms in total. The third-order valence-electron chi connectivity index (χ3n) is 9.67.